The van der Waals surface area contributed by atoms with E-state index in [1.807, 2.05) is 118 Å². The zero-order valence-corrected chi connectivity index (χ0v) is 37.7. The number of nitrogens with zero attached hydrogens (tertiary/aromatic N) is 3. The number of aliphatic carboxylic acids is 1. The first kappa shape index (κ1) is 45.9. The second-order valence-electron chi connectivity index (χ2n) is 17.1. The molecule has 336 valence electrons. The predicted molar refractivity (Wildman–Crippen MR) is 256 cm³/mol. The molecule has 1 aromatic heterocycles. The first-order valence-corrected chi connectivity index (χ1v) is 22.4. The van der Waals surface area contributed by atoms with Crippen molar-refractivity contribution in [2.45, 2.75) is 97.0 Å². The van der Waals surface area contributed by atoms with Crippen molar-refractivity contribution in [1.82, 2.24) is 19.4 Å². The third-order valence-corrected chi connectivity index (χ3v) is 11.8. The molecule has 0 radical (unpaired) electrons. The lowest BCUT2D eigenvalue weighted by molar-refractivity contribution is -0.152. The molecule has 0 spiro atoms. The summed E-state index contributed by atoms with van der Waals surface area (Å²) in [6.45, 7) is 6.72. The van der Waals surface area contributed by atoms with Crippen molar-refractivity contribution >= 4 is 39.5 Å². The maximum atomic E-state index is 13.2. The molecule has 6 aromatic carbocycles. The van der Waals surface area contributed by atoms with Crippen LogP contribution in [0.25, 0.3) is 21.5 Å². The summed E-state index contributed by atoms with van der Waals surface area (Å²) in [6.07, 6.45) is 7.80. The maximum Gasteiger partial charge on any atom is 0.347 e. The molecule has 7 aromatic rings. The highest BCUT2D eigenvalue weighted by Crippen LogP contribution is 2.23. The van der Waals surface area contributed by atoms with Crippen molar-refractivity contribution in [1.29, 1.82) is 0 Å². The topological polar surface area (TPSA) is 132 Å². The number of carbonyl (C=O) groups is 3. The van der Waals surface area contributed by atoms with Gasteiger partial charge < -0.3 is 19.9 Å². The van der Waals surface area contributed by atoms with Gasteiger partial charge in [0.25, 0.3) is 5.91 Å². The van der Waals surface area contributed by atoms with E-state index in [-0.39, 0.29) is 17.6 Å². The molecule has 1 aliphatic heterocycles. The molecular formula is C54H58N4O7. The van der Waals surface area contributed by atoms with E-state index in [4.69, 9.17) is 9.47 Å². The number of ether oxygens (including phenoxy) is 2. The summed E-state index contributed by atoms with van der Waals surface area (Å²) in [5, 5.41) is 16.7. The first-order valence-electron chi connectivity index (χ1n) is 22.4. The van der Waals surface area contributed by atoms with E-state index < -0.39 is 17.6 Å². The minimum atomic E-state index is -1.27. The van der Waals surface area contributed by atoms with Gasteiger partial charge >= 0.3 is 17.7 Å². The van der Waals surface area contributed by atoms with Crippen LogP contribution in [0.5, 0.6) is 11.5 Å². The van der Waals surface area contributed by atoms with Gasteiger partial charge in [-0.05, 0) is 139 Å². The number of benzene rings is 6. The second-order valence-corrected chi connectivity index (χ2v) is 17.1. The lowest BCUT2D eigenvalue weighted by atomic mass is 10.0. The number of methoxy groups -OCH3 is 1. The summed E-state index contributed by atoms with van der Waals surface area (Å²) in [5.41, 5.74) is 4.24. The molecule has 11 nitrogen and oxygen atoms in total. The molecule has 8 rings (SSSR count). The maximum absolute atomic E-state index is 13.2. The number of carboxylic acid groups (broad SMARTS) is 1. The highest BCUT2D eigenvalue weighted by molar-refractivity contribution is 6.04. The Kier molecular flexibility index (Phi) is 14.8. The first-order chi connectivity index (χ1) is 31.4. The van der Waals surface area contributed by atoms with Crippen LogP contribution in [0.3, 0.4) is 0 Å². The number of hydrogen-bond acceptors (Lipinski definition) is 6. The third-order valence-electron chi connectivity index (χ3n) is 11.8. The van der Waals surface area contributed by atoms with Gasteiger partial charge in [0.1, 0.15) is 17.5 Å². The zero-order valence-electron chi connectivity index (χ0n) is 37.7. The fraction of sp³-hybridized carbons (Fsp3) is 0.296. The Bertz CT molecular complexity index is 2810. The Hall–Kier alpha value is -7.14. The van der Waals surface area contributed by atoms with Crippen LogP contribution < -0.4 is 20.5 Å². The fourth-order valence-corrected chi connectivity index (χ4v) is 8.17. The molecule has 0 aliphatic carbocycles. The molecule has 1 aliphatic rings. The number of rotatable bonds is 18. The van der Waals surface area contributed by atoms with Gasteiger partial charge in [0, 0.05) is 18.4 Å². The summed E-state index contributed by atoms with van der Waals surface area (Å²) in [4.78, 5) is 50.8. The molecular weight excluding hydrogens is 817 g/mol. The number of aromatic nitrogens is 2. The number of fused-ring (bicyclic) bond motifs is 2. The van der Waals surface area contributed by atoms with Crippen molar-refractivity contribution in [2.24, 2.45) is 0 Å². The van der Waals surface area contributed by atoms with E-state index in [0.29, 0.717) is 31.8 Å². The Balaban J connectivity index is 0.000000198. The van der Waals surface area contributed by atoms with Crippen LogP contribution in [-0.4, -0.2) is 55.8 Å². The Morgan fingerprint density at radius 3 is 1.78 bits per heavy atom. The molecule has 1 atom stereocenters. The Labute approximate surface area is 380 Å². The van der Waals surface area contributed by atoms with Crippen LogP contribution in [0.2, 0.25) is 0 Å². The van der Waals surface area contributed by atoms with Gasteiger partial charge in [-0.25, -0.2) is 14.4 Å². The molecule has 1 unspecified atom stereocenters. The molecule has 11 heteroatoms. The second kappa shape index (κ2) is 21.0. The minimum absolute atomic E-state index is 0.0440. The van der Waals surface area contributed by atoms with E-state index in [9.17, 15) is 24.3 Å². The largest absolute Gasteiger partial charge is 0.497 e. The van der Waals surface area contributed by atoms with E-state index in [2.05, 4.69) is 42.6 Å². The number of hydrogen-bond donors (Lipinski definition) is 2. The van der Waals surface area contributed by atoms with Gasteiger partial charge in [-0.2, -0.15) is 0 Å². The summed E-state index contributed by atoms with van der Waals surface area (Å²) in [7, 11) is 1.65. The SMILES string of the molecule is CCCn1c(CCCc2ccc(OC(C)(C)C(=O)O)cc2)cn(Cc2ccc3ccccc3c2)c1=O.COc1ccc(CCCC2NC(=O)N(Cc3ccc4ccccc4c3)C2=O)cc1. The van der Waals surface area contributed by atoms with E-state index >= 15 is 0 Å². The van der Waals surface area contributed by atoms with Crippen molar-refractivity contribution in [3.8, 4) is 11.5 Å². The van der Waals surface area contributed by atoms with Gasteiger partial charge in [-0.1, -0.05) is 104 Å². The standard InChI is InChI=1S/C30H34N2O4.C24H24N2O3/c1-4-18-32-26(11-7-8-22-13-16-27(17-14-22)36-30(2,3)28(33)34)21-31(29(32)35)20-23-12-15-24-9-5-6-10-25(24)19-23;1-29-21-13-10-17(11-14-21)5-4-8-22-23(27)26(24(28)25-22)16-18-9-12-19-6-2-3-7-20(19)15-18/h5-6,9-10,12-17,19,21H,4,7-8,11,18,20H2,1-3H3,(H,33,34);2-3,6-7,9-15,22H,4-5,8,16H2,1H3,(H,25,28). The lowest BCUT2D eigenvalue weighted by Crippen LogP contribution is -2.37. The van der Waals surface area contributed by atoms with E-state index in [1.54, 1.807) is 7.11 Å². The smallest absolute Gasteiger partial charge is 0.347 e. The molecule has 3 amide bonds. The molecule has 0 saturated carbocycles. The highest BCUT2D eigenvalue weighted by atomic mass is 16.5. The normalized spacial score (nSPS) is 13.7. The monoisotopic (exact) mass is 874 g/mol. The molecule has 1 fully saturated rings. The number of imide groups is 1. The summed E-state index contributed by atoms with van der Waals surface area (Å²) in [6, 6.07) is 43.4. The number of nitrogens with one attached hydrogen (secondary N) is 1. The zero-order chi connectivity index (χ0) is 45.9. The van der Waals surface area contributed by atoms with Crippen LogP contribution in [0.1, 0.15) is 74.4 Å². The van der Waals surface area contributed by atoms with Crippen LogP contribution in [0.4, 0.5) is 4.79 Å². The van der Waals surface area contributed by atoms with Gasteiger partial charge in [-0.3, -0.25) is 18.8 Å². The molecule has 65 heavy (non-hydrogen) atoms. The number of carboxylic acids is 1. The lowest BCUT2D eigenvalue weighted by Gasteiger charge is -2.21. The highest BCUT2D eigenvalue weighted by Gasteiger charge is 2.37. The Morgan fingerprint density at radius 1 is 0.677 bits per heavy atom. The number of amides is 3. The number of carbonyl (C=O) groups excluding carboxylic acids is 2. The van der Waals surface area contributed by atoms with E-state index in [0.717, 1.165) is 77.4 Å². The van der Waals surface area contributed by atoms with Crippen molar-refractivity contribution in [2.75, 3.05) is 7.11 Å². The summed E-state index contributed by atoms with van der Waals surface area (Å²) >= 11 is 0. The molecule has 2 N–H and O–H groups in total. The summed E-state index contributed by atoms with van der Waals surface area (Å²) in [5.74, 6) is 0.222. The van der Waals surface area contributed by atoms with Crippen LogP contribution in [0, 0.1) is 0 Å². The molecule has 2 heterocycles. The third kappa shape index (κ3) is 11.7. The number of imidazole rings is 1. The fourth-order valence-electron chi connectivity index (χ4n) is 8.17. The number of urea groups is 1. The predicted octanol–water partition coefficient (Wildman–Crippen LogP) is 9.97. The van der Waals surface area contributed by atoms with E-state index in [1.165, 1.54) is 35.1 Å². The van der Waals surface area contributed by atoms with Crippen LogP contribution in [0.15, 0.2) is 144 Å². The minimum Gasteiger partial charge on any atom is -0.497 e. The number of aryl methyl sites for hydroxylation is 3. The van der Waals surface area contributed by atoms with Gasteiger partial charge in [-0.15, -0.1) is 0 Å². The van der Waals surface area contributed by atoms with Crippen molar-refractivity contribution in [3.05, 3.63) is 178 Å². The van der Waals surface area contributed by atoms with Crippen molar-refractivity contribution < 1.29 is 29.0 Å². The quantitative estimate of drug-likeness (QED) is 0.0821. The van der Waals surface area contributed by atoms with Gasteiger partial charge in [0.2, 0.25) is 0 Å². The Morgan fingerprint density at radius 2 is 1.22 bits per heavy atom. The van der Waals surface area contributed by atoms with Crippen LogP contribution in [-0.2, 0) is 48.5 Å². The van der Waals surface area contributed by atoms with Gasteiger partial charge in [0.15, 0.2) is 5.60 Å². The average Bonchev–Trinajstić information content (AvgIpc) is 3.75. The average molecular weight is 875 g/mol. The molecule has 1 saturated heterocycles. The summed E-state index contributed by atoms with van der Waals surface area (Å²) < 4.78 is 14.5. The van der Waals surface area contributed by atoms with Gasteiger partial charge in [0.05, 0.1) is 20.2 Å². The molecule has 0 bridgehead atoms. The van der Waals surface area contributed by atoms with Crippen LogP contribution >= 0.6 is 0 Å². The van der Waals surface area contributed by atoms with Crippen molar-refractivity contribution in [3.63, 3.8) is 0 Å².